The summed E-state index contributed by atoms with van der Waals surface area (Å²) < 4.78 is 0. The third kappa shape index (κ3) is 3.61. The molecule has 1 fully saturated rings. The fraction of sp³-hybridized carbons (Fsp3) is 0.571. The smallest absolute Gasteiger partial charge is 0.120 e. The number of benzene rings is 1. The monoisotopic (exact) mass is 268 g/mol. The van der Waals surface area contributed by atoms with Gasteiger partial charge >= 0.3 is 0 Å². The number of likely N-dealkylation sites (N-methyl/N-ethyl adjacent to an activating group) is 1. The number of phenols is 1. The number of aromatic hydroxyl groups is 1. The molecule has 18 heavy (non-hydrogen) atoms. The van der Waals surface area contributed by atoms with E-state index in [4.69, 9.17) is 11.6 Å². The number of piperidine rings is 1. The van der Waals surface area contributed by atoms with Crippen LogP contribution < -0.4 is 5.32 Å². The van der Waals surface area contributed by atoms with Crippen molar-refractivity contribution < 1.29 is 5.11 Å². The highest BCUT2D eigenvalue weighted by atomic mass is 35.5. The summed E-state index contributed by atoms with van der Waals surface area (Å²) >= 11 is 5.92. The Morgan fingerprint density at radius 1 is 1.44 bits per heavy atom. The summed E-state index contributed by atoms with van der Waals surface area (Å²) in [5, 5.41) is 13.8. The van der Waals surface area contributed by atoms with Crippen molar-refractivity contribution in [3.63, 3.8) is 0 Å². The summed E-state index contributed by atoms with van der Waals surface area (Å²) in [6.45, 7) is 2.81. The number of hydrogen-bond donors (Lipinski definition) is 2. The minimum absolute atomic E-state index is 0.309. The van der Waals surface area contributed by atoms with E-state index >= 15 is 0 Å². The molecule has 0 radical (unpaired) electrons. The van der Waals surface area contributed by atoms with Crippen molar-refractivity contribution in [2.75, 3.05) is 20.1 Å². The van der Waals surface area contributed by atoms with Crippen molar-refractivity contribution in [3.8, 4) is 5.75 Å². The summed E-state index contributed by atoms with van der Waals surface area (Å²) in [5.41, 5.74) is 0.862. The van der Waals surface area contributed by atoms with Gasteiger partial charge in [0, 0.05) is 29.7 Å². The largest absolute Gasteiger partial charge is 0.508 e. The molecule has 1 saturated heterocycles. The molecule has 1 heterocycles. The lowest BCUT2D eigenvalue weighted by atomic mass is 10.0. The Morgan fingerprint density at radius 3 is 3.06 bits per heavy atom. The molecule has 0 saturated carbocycles. The second-order valence-corrected chi connectivity index (χ2v) is 5.47. The third-order valence-electron chi connectivity index (χ3n) is 3.66. The molecule has 1 aliphatic heterocycles. The molecule has 1 atom stereocenters. The molecule has 0 spiro atoms. The zero-order valence-electron chi connectivity index (χ0n) is 10.8. The lowest BCUT2D eigenvalue weighted by molar-refractivity contribution is 0.181. The van der Waals surface area contributed by atoms with E-state index in [1.807, 2.05) is 6.07 Å². The van der Waals surface area contributed by atoms with E-state index in [0.717, 1.165) is 12.1 Å². The zero-order chi connectivity index (χ0) is 13.0. The van der Waals surface area contributed by atoms with Crippen LogP contribution in [0.5, 0.6) is 5.75 Å². The first-order valence-corrected chi connectivity index (χ1v) is 6.93. The van der Waals surface area contributed by atoms with E-state index in [0.29, 0.717) is 23.4 Å². The highest BCUT2D eigenvalue weighted by Crippen LogP contribution is 2.21. The molecule has 100 valence electrons. The van der Waals surface area contributed by atoms with Gasteiger partial charge in [0.05, 0.1) is 0 Å². The summed E-state index contributed by atoms with van der Waals surface area (Å²) in [4.78, 5) is 2.41. The molecule has 1 unspecified atom stereocenters. The van der Waals surface area contributed by atoms with Crippen LogP contribution in [0.25, 0.3) is 0 Å². The van der Waals surface area contributed by atoms with Crippen LogP contribution in [-0.4, -0.2) is 36.2 Å². The van der Waals surface area contributed by atoms with Crippen LogP contribution in [0.2, 0.25) is 5.02 Å². The van der Waals surface area contributed by atoms with Crippen molar-refractivity contribution in [2.24, 2.45) is 0 Å². The maximum atomic E-state index is 9.71. The van der Waals surface area contributed by atoms with E-state index in [2.05, 4.69) is 17.3 Å². The molecule has 0 aromatic heterocycles. The standard InChI is InChI=1S/C14H21ClN2O/c1-17-7-3-2-4-13(17)10-16-9-11-8-12(15)5-6-14(11)18/h5-6,8,13,16,18H,2-4,7,9-10H2,1H3. The lowest BCUT2D eigenvalue weighted by Crippen LogP contribution is -2.42. The second-order valence-electron chi connectivity index (χ2n) is 5.03. The number of likely N-dealkylation sites (tertiary alicyclic amines) is 1. The van der Waals surface area contributed by atoms with Gasteiger partial charge in [-0.25, -0.2) is 0 Å². The number of halogens is 1. The number of hydrogen-bond acceptors (Lipinski definition) is 3. The summed E-state index contributed by atoms with van der Waals surface area (Å²) in [6.07, 6.45) is 3.88. The normalized spacial score (nSPS) is 21.1. The molecular formula is C14H21ClN2O. The molecule has 1 aromatic rings. The molecule has 2 rings (SSSR count). The number of rotatable bonds is 4. The summed E-state index contributed by atoms with van der Waals surface area (Å²) in [6, 6.07) is 5.77. The molecule has 1 aromatic carbocycles. The Kier molecular flexibility index (Phi) is 4.87. The van der Waals surface area contributed by atoms with Gasteiger partial charge in [-0.15, -0.1) is 0 Å². The summed E-state index contributed by atoms with van der Waals surface area (Å²) in [7, 11) is 2.18. The van der Waals surface area contributed by atoms with Crippen molar-refractivity contribution >= 4 is 11.6 Å². The zero-order valence-corrected chi connectivity index (χ0v) is 11.6. The Bertz CT molecular complexity index is 397. The van der Waals surface area contributed by atoms with E-state index in [1.54, 1.807) is 12.1 Å². The average molecular weight is 269 g/mol. The van der Waals surface area contributed by atoms with Gasteiger partial charge in [-0.05, 0) is 44.6 Å². The van der Waals surface area contributed by atoms with Gasteiger partial charge < -0.3 is 15.3 Å². The van der Waals surface area contributed by atoms with Gasteiger partial charge in [-0.2, -0.15) is 0 Å². The minimum Gasteiger partial charge on any atom is -0.508 e. The predicted molar refractivity (Wildman–Crippen MR) is 75.1 cm³/mol. The molecule has 2 N–H and O–H groups in total. The Balaban J connectivity index is 1.82. The van der Waals surface area contributed by atoms with Gasteiger partial charge in [0.2, 0.25) is 0 Å². The van der Waals surface area contributed by atoms with Crippen LogP contribution in [0.1, 0.15) is 24.8 Å². The van der Waals surface area contributed by atoms with E-state index in [-0.39, 0.29) is 0 Å². The maximum Gasteiger partial charge on any atom is 0.120 e. The van der Waals surface area contributed by atoms with Crippen molar-refractivity contribution in [1.29, 1.82) is 0 Å². The van der Waals surface area contributed by atoms with E-state index in [9.17, 15) is 5.11 Å². The molecule has 1 aliphatic rings. The van der Waals surface area contributed by atoms with Crippen molar-refractivity contribution in [2.45, 2.75) is 31.8 Å². The third-order valence-corrected chi connectivity index (χ3v) is 3.89. The van der Waals surface area contributed by atoms with E-state index < -0.39 is 0 Å². The molecule has 0 aliphatic carbocycles. The first kappa shape index (κ1) is 13.7. The first-order chi connectivity index (χ1) is 8.66. The van der Waals surface area contributed by atoms with Gasteiger partial charge in [0.15, 0.2) is 0 Å². The summed E-state index contributed by atoms with van der Waals surface area (Å²) in [5.74, 6) is 0.309. The first-order valence-electron chi connectivity index (χ1n) is 6.55. The van der Waals surface area contributed by atoms with Crippen molar-refractivity contribution in [1.82, 2.24) is 10.2 Å². The van der Waals surface area contributed by atoms with Crippen LogP contribution in [-0.2, 0) is 6.54 Å². The number of phenolic OH excluding ortho intramolecular Hbond substituents is 1. The van der Waals surface area contributed by atoms with E-state index in [1.165, 1.54) is 25.8 Å². The van der Waals surface area contributed by atoms with Gasteiger partial charge in [-0.3, -0.25) is 0 Å². The molecule has 0 bridgehead atoms. The predicted octanol–water partition coefficient (Wildman–Crippen LogP) is 2.62. The molecule has 0 amide bonds. The fourth-order valence-electron chi connectivity index (χ4n) is 2.47. The van der Waals surface area contributed by atoms with Gasteiger partial charge in [0.1, 0.15) is 5.75 Å². The quantitative estimate of drug-likeness (QED) is 0.881. The Morgan fingerprint density at radius 2 is 2.28 bits per heavy atom. The lowest BCUT2D eigenvalue weighted by Gasteiger charge is -2.32. The fourth-order valence-corrected chi connectivity index (χ4v) is 2.67. The van der Waals surface area contributed by atoms with Crippen LogP contribution in [0.4, 0.5) is 0 Å². The molecule has 3 nitrogen and oxygen atoms in total. The Labute approximate surface area is 114 Å². The maximum absolute atomic E-state index is 9.71. The highest BCUT2D eigenvalue weighted by Gasteiger charge is 2.18. The van der Waals surface area contributed by atoms with Crippen LogP contribution in [0.3, 0.4) is 0 Å². The second kappa shape index (κ2) is 6.41. The highest BCUT2D eigenvalue weighted by molar-refractivity contribution is 6.30. The van der Waals surface area contributed by atoms with Crippen LogP contribution in [0.15, 0.2) is 18.2 Å². The topological polar surface area (TPSA) is 35.5 Å². The number of nitrogens with zero attached hydrogens (tertiary/aromatic N) is 1. The SMILES string of the molecule is CN1CCCCC1CNCc1cc(Cl)ccc1O. The minimum atomic E-state index is 0.309. The van der Waals surface area contributed by atoms with Gasteiger partial charge in [0.25, 0.3) is 0 Å². The molecule has 4 heteroatoms. The van der Waals surface area contributed by atoms with Crippen LogP contribution in [0, 0.1) is 0 Å². The Hall–Kier alpha value is -0.770. The van der Waals surface area contributed by atoms with Crippen LogP contribution >= 0.6 is 11.6 Å². The number of nitrogens with one attached hydrogen (secondary N) is 1. The average Bonchev–Trinajstić information content (AvgIpc) is 2.36. The molecular weight excluding hydrogens is 248 g/mol. The van der Waals surface area contributed by atoms with Gasteiger partial charge in [-0.1, -0.05) is 18.0 Å². The van der Waals surface area contributed by atoms with Crippen molar-refractivity contribution in [3.05, 3.63) is 28.8 Å².